The number of piperazine rings is 2. The monoisotopic (exact) mass is 1570 g/mol. The molecule has 4 fully saturated rings. The Balaban J connectivity index is 0.670. The Hall–Kier alpha value is -8.42. The number of allylic oxidation sites excluding steroid dienone is 1. The molecule has 11 rings (SSSR count). The number of nitro groups is 1. The van der Waals surface area contributed by atoms with E-state index in [2.05, 4.69) is 78.2 Å². The largest absolute Gasteiger partial charge is 0.493 e. The normalized spacial score (nSPS) is 18.5. The molecule has 3 atom stereocenters. The SMILES string of the molecule is Cc1ncsc1-c1ccc(CNC(=O)[C@@H]2C[C@@H](O)CN2C(=O)[C@@H](NC(=O)C2(F)CC2)C(C)(C)C)c(OCCCCCCC(=O)N2CCN(CC#Cc3cc(S(=O)(=O)NC(=O)c4ccc(N5CCN(CC6=C(c7ccc(Cl)cc7)CCC(C)(C)C6)CC5)cc4)cc([N+](=O)[O-])c3NC(C)(C)CSc3ccccc3)CC2)c1. The molecule has 22 nitrogen and oxygen atoms in total. The minimum absolute atomic E-state index is 0.0116. The number of hydrogen-bond donors (Lipinski definition) is 5. The number of aromatic nitrogens is 1. The zero-order valence-electron chi connectivity index (χ0n) is 63.5. The number of alkyl halides is 1. The highest BCUT2D eigenvalue weighted by atomic mass is 35.5. The summed E-state index contributed by atoms with van der Waals surface area (Å²) < 4.78 is 52.0. The van der Waals surface area contributed by atoms with E-state index in [1.54, 1.807) is 50.2 Å². The number of thiazole rings is 1. The lowest BCUT2D eigenvalue weighted by atomic mass is 9.73. The molecule has 2 aliphatic carbocycles. The van der Waals surface area contributed by atoms with Crippen LogP contribution in [0.15, 0.2) is 130 Å². The molecule has 4 heterocycles. The number of anilines is 2. The second-order valence-electron chi connectivity index (χ2n) is 31.8. The Bertz CT molecular complexity index is 4500. The minimum atomic E-state index is -4.71. The molecule has 5 aromatic carbocycles. The van der Waals surface area contributed by atoms with E-state index < -0.39 is 84.0 Å². The summed E-state index contributed by atoms with van der Waals surface area (Å²) in [4.78, 5) is 96.5. The molecule has 0 unspecified atom stereocenters. The number of amides is 5. The molecule has 582 valence electrons. The summed E-state index contributed by atoms with van der Waals surface area (Å²) in [5.74, 6) is 4.47. The number of benzene rings is 5. The Morgan fingerprint density at radius 2 is 1.55 bits per heavy atom. The highest BCUT2D eigenvalue weighted by molar-refractivity contribution is 7.99. The quantitative estimate of drug-likeness (QED) is 0.00960. The number of aliphatic hydroxyl groups is 1. The number of aliphatic hydroxyl groups excluding tert-OH is 1. The summed E-state index contributed by atoms with van der Waals surface area (Å²) in [5, 5.41) is 33.4. The zero-order chi connectivity index (χ0) is 78.0. The molecule has 5 aliphatic rings. The molecule has 0 bridgehead atoms. The summed E-state index contributed by atoms with van der Waals surface area (Å²) in [5.41, 5.74) is 5.49. The minimum Gasteiger partial charge on any atom is -0.493 e. The highest BCUT2D eigenvalue weighted by Gasteiger charge is 2.53. The predicted octanol–water partition coefficient (Wildman–Crippen LogP) is 12.7. The number of carbonyl (C=O) groups excluding carboxylic acids is 5. The van der Waals surface area contributed by atoms with Crippen molar-refractivity contribution in [3.63, 3.8) is 0 Å². The Labute approximate surface area is 652 Å². The molecule has 3 aliphatic heterocycles. The summed E-state index contributed by atoms with van der Waals surface area (Å²) in [7, 11) is -4.71. The second kappa shape index (κ2) is 35.3. The molecule has 5 amide bonds. The van der Waals surface area contributed by atoms with Gasteiger partial charge in [-0.25, -0.2) is 22.5 Å². The van der Waals surface area contributed by atoms with Crippen LogP contribution in [0.5, 0.6) is 5.75 Å². The molecule has 0 radical (unpaired) electrons. The number of likely N-dealkylation sites (tertiary alicyclic amines) is 1. The lowest BCUT2D eigenvalue weighted by molar-refractivity contribution is -0.384. The molecule has 109 heavy (non-hydrogen) atoms. The fourth-order valence-electron chi connectivity index (χ4n) is 14.4. The van der Waals surface area contributed by atoms with Gasteiger partial charge in [0.2, 0.25) is 17.7 Å². The third-order valence-electron chi connectivity index (χ3n) is 20.9. The van der Waals surface area contributed by atoms with E-state index in [0.29, 0.717) is 69.1 Å². The van der Waals surface area contributed by atoms with Gasteiger partial charge in [-0.1, -0.05) is 119 Å². The predicted molar refractivity (Wildman–Crippen MR) is 427 cm³/mol. The number of hydrogen-bond acceptors (Lipinski definition) is 18. The molecule has 6 aromatic rings. The number of nitrogens with one attached hydrogen (secondary N) is 4. The molecule has 0 spiro atoms. The Morgan fingerprint density at radius 1 is 0.862 bits per heavy atom. The first-order valence-corrected chi connectivity index (χ1v) is 41.3. The van der Waals surface area contributed by atoms with Crippen molar-refractivity contribution in [3.8, 4) is 28.0 Å². The lowest BCUT2D eigenvalue weighted by Gasteiger charge is -2.39. The second-order valence-corrected chi connectivity index (χ2v) is 35.8. The van der Waals surface area contributed by atoms with Gasteiger partial charge in [-0.3, -0.25) is 43.9 Å². The van der Waals surface area contributed by atoms with Gasteiger partial charge in [0.1, 0.15) is 23.5 Å². The number of nitro benzene ring substituents is 1. The Kier molecular flexibility index (Phi) is 26.4. The van der Waals surface area contributed by atoms with Gasteiger partial charge in [0.05, 0.1) is 50.7 Å². The summed E-state index contributed by atoms with van der Waals surface area (Å²) in [6, 6.07) is 30.4. The summed E-state index contributed by atoms with van der Waals surface area (Å²) in [6.45, 7) is 22.2. The number of sulfonamides is 1. The third-order valence-corrected chi connectivity index (χ3v) is 25.0. The number of halogens is 2. The molecule has 1 aromatic heterocycles. The van der Waals surface area contributed by atoms with Gasteiger partial charge < -0.3 is 40.5 Å². The van der Waals surface area contributed by atoms with Crippen LogP contribution < -0.4 is 30.3 Å². The maximum absolute atomic E-state index is 14.8. The number of unbranched alkanes of at least 4 members (excludes halogenated alkanes) is 3. The number of ether oxygens (including phenoxy) is 1. The number of β-amino-alcohol motifs (C(OH)–C–C–N with tert-alkyl or cyclic N) is 1. The van der Waals surface area contributed by atoms with Gasteiger partial charge in [0.15, 0.2) is 5.67 Å². The van der Waals surface area contributed by atoms with Crippen molar-refractivity contribution >= 4 is 96.9 Å². The van der Waals surface area contributed by atoms with Crippen LogP contribution in [0.3, 0.4) is 0 Å². The average Bonchev–Trinajstić information content (AvgIpc) is 1.06. The summed E-state index contributed by atoms with van der Waals surface area (Å²) >= 11 is 9.31. The van der Waals surface area contributed by atoms with Crippen LogP contribution in [0.4, 0.5) is 21.5 Å². The van der Waals surface area contributed by atoms with Crippen LogP contribution in [0.1, 0.15) is 152 Å². The number of carbonyl (C=O) groups is 5. The van der Waals surface area contributed by atoms with Crippen LogP contribution in [0.2, 0.25) is 5.02 Å². The lowest BCUT2D eigenvalue weighted by Crippen LogP contribution is -2.59. The van der Waals surface area contributed by atoms with Crippen molar-refractivity contribution in [3.05, 3.63) is 163 Å². The first kappa shape index (κ1) is 81.6. The van der Waals surface area contributed by atoms with Gasteiger partial charge in [-0.05, 0) is 154 Å². The topological polar surface area (TPSA) is 269 Å². The van der Waals surface area contributed by atoms with Crippen LogP contribution in [0, 0.1) is 39.7 Å². The third kappa shape index (κ3) is 21.6. The standard InChI is InChI=1S/C82H101ClFN11O11S3/c1-55-73(108-54-86-55)59-21-22-60(50-85-76(99)69-47-64(96)52-94(69)77(100)74(79(2,3)4)87-78(101)82(84)33-34-82)70(46-59)106-44-15-10-9-14-20-71(97)93-42-36-90(37-43-93)35-16-17-58-45-66(48-68(95(102)103)72(58)88-81(7,8)53-107-65-18-12-11-13-19-65)109(104,105)89-75(98)57-25-29-63(30-26-57)92-40-38-91(39-41-92)51-61-49-80(5,6)32-31-67(61)56-23-27-62(83)28-24-56/h11-13,18-19,21-30,45-46,48,54,64,69,74,88,96H,9-10,14-15,20,31-44,47,49-53H2,1-8H3,(H,85,99)(H,87,101)(H,89,98)/t64-,69+,74-/m1/s1. The first-order valence-electron chi connectivity index (χ1n) is 37.6. The van der Waals surface area contributed by atoms with E-state index in [-0.39, 0.29) is 67.0 Å². The molecule has 1 saturated carbocycles. The highest BCUT2D eigenvalue weighted by Crippen LogP contribution is 2.44. The number of rotatable bonds is 29. The van der Waals surface area contributed by atoms with E-state index in [1.807, 2.05) is 98.5 Å². The van der Waals surface area contributed by atoms with E-state index in [1.165, 1.54) is 39.0 Å². The van der Waals surface area contributed by atoms with Crippen molar-refractivity contribution in [2.45, 2.75) is 172 Å². The van der Waals surface area contributed by atoms with Gasteiger partial charge in [0.25, 0.3) is 27.5 Å². The van der Waals surface area contributed by atoms with Crippen molar-refractivity contribution in [2.24, 2.45) is 10.8 Å². The van der Waals surface area contributed by atoms with Gasteiger partial charge >= 0.3 is 0 Å². The van der Waals surface area contributed by atoms with E-state index in [0.717, 1.165) is 103 Å². The van der Waals surface area contributed by atoms with Crippen molar-refractivity contribution < 1.29 is 51.5 Å². The fraction of sp³-hybridized carbons (Fsp3) is 0.488. The van der Waals surface area contributed by atoms with Gasteiger partial charge in [0, 0.05) is 129 Å². The fourth-order valence-corrected chi connectivity index (χ4v) is 17.3. The summed E-state index contributed by atoms with van der Waals surface area (Å²) in [6.07, 6.45) is 5.60. The van der Waals surface area contributed by atoms with Crippen LogP contribution in [-0.4, -0.2) is 186 Å². The van der Waals surface area contributed by atoms with Crippen molar-refractivity contribution in [2.75, 3.05) is 94.6 Å². The number of aryl methyl sites for hydroxylation is 1. The first-order chi connectivity index (χ1) is 51.8. The molecular weight excluding hydrogens is 1470 g/mol. The van der Waals surface area contributed by atoms with Crippen LogP contribution in [0.25, 0.3) is 16.0 Å². The van der Waals surface area contributed by atoms with E-state index in [4.69, 9.17) is 16.3 Å². The maximum Gasteiger partial charge on any atom is 0.295 e. The van der Waals surface area contributed by atoms with Crippen LogP contribution in [-0.2, 0) is 35.7 Å². The number of thioether (sulfide) groups is 1. The van der Waals surface area contributed by atoms with Crippen molar-refractivity contribution in [1.82, 2.24) is 39.9 Å². The molecule has 3 saturated heterocycles. The molecular formula is C82H101ClFN11O11S3. The van der Waals surface area contributed by atoms with E-state index >= 15 is 0 Å². The average molecular weight is 1570 g/mol. The molecule has 5 N–H and O–H groups in total. The smallest absolute Gasteiger partial charge is 0.295 e. The van der Waals surface area contributed by atoms with Crippen molar-refractivity contribution in [1.29, 1.82) is 0 Å². The zero-order valence-corrected chi connectivity index (χ0v) is 66.7. The molecule has 27 heteroatoms. The van der Waals surface area contributed by atoms with Gasteiger partial charge in [-0.15, -0.1) is 23.1 Å². The number of nitrogens with zero attached hydrogens (tertiary/aromatic N) is 7. The van der Waals surface area contributed by atoms with Gasteiger partial charge in [-0.2, -0.15) is 0 Å². The van der Waals surface area contributed by atoms with Crippen LogP contribution >= 0.6 is 34.7 Å². The maximum atomic E-state index is 14.8. The Morgan fingerprint density at radius 3 is 2.22 bits per heavy atom. The van der Waals surface area contributed by atoms with E-state index in [9.17, 15) is 52.0 Å².